The summed E-state index contributed by atoms with van der Waals surface area (Å²) in [6.07, 6.45) is -3.80. The van der Waals surface area contributed by atoms with Crippen LogP contribution in [0.1, 0.15) is 42.8 Å². The highest BCUT2D eigenvalue weighted by Gasteiger charge is 2.44. The highest BCUT2D eigenvalue weighted by Crippen LogP contribution is 2.34. The van der Waals surface area contributed by atoms with Gasteiger partial charge in [0.1, 0.15) is 24.4 Å². The first kappa shape index (κ1) is 23.4. The fourth-order valence-corrected chi connectivity index (χ4v) is 5.16. The minimum Gasteiger partial charge on any atom is -0.394 e. The van der Waals surface area contributed by atoms with Gasteiger partial charge in [-0.05, 0) is 34.1 Å². The first-order valence-corrected chi connectivity index (χ1v) is 11.8. The summed E-state index contributed by atoms with van der Waals surface area (Å²) in [7, 11) is 0. The zero-order valence-corrected chi connectivity index (χ0v) is 19.4. The maximum absolute atomic E-state index is 10.5. The van der Waals surface area contributed by atoms with Crippen LogP contribution in [0, 0.1) is 0 Å². The largest absolute Gasteiger partial charge is 0.394 e. The van der Waals surface area contributed by atoms with Crippen LogP contribution in [0.3, 0.4) is 0 Å². The molecule has 0 unspecified atom stereocenters. The van der Waals surface area contributed by atoms with E-state index in [1.807, 2.05) is 37.4 Å². The predicted octanol–water partition coefficient (Wildman–Crippen LogP) is 2.95. The normalized spacial score (nSPS) is 26.1. The Morgan fingerprint density at radius 1 is 1.09 bits per heavy atom. The van der Waals surface area contributed by atoms with Crippen LogP contribution >= 0.6 is 22.9 Å². The second-order valence-electron chi connectivity index (χ2n) is 8.37. The molecule has 1 aromatic carbocycles. The van der Waals surface area contributed by atoms with Crippen LogP contribution in [-0.2, 0) is 11.2 Å². The quantitative estimate of drug-likeness (QED) is 0.434. The molecule has 3 aromatic rings. The molecule has 0 spiro atoms. The second kappa shape index (κ2) is 9.61. The molecule has 1 aliphatic heterocycles. The number of halogens is 1. The lowest BCUT2D eigenvalue weighted by atomic mass is 9.98. The number of aliphatic hydroxyl groups excluding tert-OH is 4. The Balaban J connectivity index is 1.59. The number of rotatable bonds is 6. The third-order valence-corrected chi connectivity index (χ3v) is 7.13. The lowest BCUT2D eigenvalue weighted by molar-refractivity contribution is -0.254. The average molecular weight is 479 g/mol. The summed E-state index contributed by atoms with van der Waals surface area (Å²) in [5.74, 6) is 0.125. The van der Waals surface area contributed by atoms with Gasteiger partial charge < -0.3 is 25.2 Å². The van der Waals surface area contributed by atoms with Crippen molar-refractivity contribution in [1.82, 2.24) is 9.78 Å². The van der Waals surface area contributed by atoms with Gasteiger partial charge in [0.25, 0.3) is 0 Å². The van der Waals surface area contributed by atoms with Gasteiger partial charge in [0.2, 0.25) is 0 Å². The van der Waals surface area contributed by atoms with Gasteiger partial charge in [-0.2, -0.15) is 5.10 Å². The molecule has 5 atom stereocenters. The lowest BCUT2D eigenvalue weighted by Gasteiger charge is -2.39. The van der Waals surface area contributed by atoms with Crippen molar-refractivity contribution in [3.05, 3.63) is 63.8 Å². The fraction of sp³-hybridized carbons (Fsp3) is 0.435. The van der Waals surface area contributed by atoms with E-state index in [0.717, 1.165) is 32.3 Å². The van der Waals surface area contributed by atoms with E-state index in [0.29, 0.717) is 6.42 Å². The van der Waals surface area contributed by atoms with Crippen LogP contribution in [0.15, 0.2) is 41.9 Å². The molecule has 1 saturated heterocycles. The molecule has 4 rings (SSSR count). The summed E-state index contributed by atoms with van der Waals surface area (Å²) in [5, 5.41) is 47.4. The van der Waals surface area contributed by atoms with E-state index in [4.69, 9.17) is 16.3 Å². The summed E-state index contributed by atoms with van der Waals surface area (Å²) in [6, 6.07) is 10.1. The number of ether oxygens (including phenoxy) is 1. The number of aliphatic hydroxyl groups is 4. The zero-order chi connectivity index (χ0) is 23.0. The van der Waals surface area contributed by atoms with Gasteiger partial charge >= 0.3 is 0 Å². The van der Waals surface area contributed by atoms with Gasteiger partial charge in [-0.15, -0.1) is 11.3 Å². The van der Waals surface area contributed by atoms with Gasteiger partial charge in [-0.1, -0.05) is 49.7 Å². The third kappa shape index (κ3) is 4.49. The highest BCUT2D eigenvalue weighted by molar-refractivity contribution is 7.14. The van der Waals surface area contributed by atoms with E-state index >= 15 is 0 Å². The molecule has 0 bridgehead atoms. The van der Waals surface area contributed by atoms with Gasteiger partial charge in [0.15, 0.2) is 6.23 Å². The Labute approximate surface area is 195 Å². The average Bonchev–Trinajstić information content (AvgIpc) is 3.39. The monoisotopic (exact) mass is 478 g/mol. The number of hydrogen-bond donors (Lipinski definition) is 4. The lowest BCUT2D eigenvalue weighted by Crippen LogP contribution is -2.56. The molecular weight excluding hydrogens is 452 g/mol. The van der Waals surface area contributed by atoms with Crippen LogP contribution < -0.4 is 0 Å². The SMILES string of the molecule is CC(C)c1nn([C@@H]2O[C@H](CO)[C@@H](O)[C@H](O)[C@H]2O)cc1Cc1ccc(-c2sccc2Cl)cc1. The van der Waals surface area contributed by atoms with Crippen molar-refractivity contribution in [2.24, 2.45) is 0 Å². The first-order chi connectivity index (χ1) is 15.3. The summed E-state index contributed by atoms with van der Waals surface area (Å²) in [4.78, 5) is 1.04. The Morgan fingerprint density at radius 3 is 2.41 bits per heavy atom. The molecule has 7 nitrogen and oxygen atoms in total. The van der Waals surface area contributed by atoms with Crippen LogP contribution in [0.25, 0.3) is 10.4 Å². The van der Waals surface area contributed by atoms with Crippen molar-refractivity contribution in [3.63, 3.8) is 0 Å². The minimum absolute atomic E-state index is 0.125. The van der Waals surface area contributed by atoms with E-state index in [1.54, 1.807) is 17.5 Å². The summed E-state index contributed by atoms with van der Waals surface area (Å²) >= 11 is 7.85. The van der Waals surface area contributed by atoms with Crippen molar-refractivity contribution >= 4 is 22.9 Å². The molecule has 1 aliphatic rings. The minimum atomic E-state index is -1.45. The Morgan fingerprint density at radius 2 is 1.81 bits per heavy atom. The Hall–Kier alpha value is -1.78. The summed E-state index contributed by atoms with van der Waals surface area (Å²) in [6.45, 7) is 3.59. The molecule has 0 saturated carbocycles. The van der Waals surface area contributed by atoms with Gasteiger partial charge in [-0.3, -0.25) is 0 Å². The smallest absolute Gasteiger partial charge is 0.179 e. The fourth-order valence-electron chi connectivity index (χ4n) is 3.99. The molecule has 0 aliphatic carbocycles. The second-order valence-corrected chi connectivity index (χ2v) is 9.69. The topological polar surface area (TPSA) is 108 Å². The van der Waals surface area contributed by atoms with E-state index in [-0.39, 0.29) is 5.92 Å². The van der Waals surface area contributed by atoms with Crippen LogP contribution in [0.4, 0.5) is 0 Å². The van der Waals surface area contributed by atoms with Crippen molar-refractivity contribution in [3.8, 4) is 10.4 Å². The molecule has 9 heteroatoms. The number of thiophene rings is 1. The molecule has 4 N–H and O–H groups in total. The number of benzene rings is 1. The molecule has 0 amide bonds. The van der Waals surface area contributed by atoms with E-state index in [1.165, 1.54) is 4.68 Å². The van der Waals surface area contributed by atoms with Crippen LogP contribution in [0.5, 0.6) is 0 Å². The number of hydrogen-bond acceptors (Lipinski definition) is 7. The molecular formula is C23H27ClN2O5S. The summed E-state index contributed by atoms with van der Waals surface area (Å²) in [5.41, 5.74) is 3.98. The molecule has 0 radical (unpaired) electrons. The van der Waals surface area contributed by atoms with Gasteiger partial charge in [0.05, 0.1) is 22.2 Å². The zero-order valence-electron chi connectivity index (χ0n) is 17.8. The molecule has 172 valence electrons. The molecule has 2 aromatic heterocycles. The Kier molecular flexibility index (Phi) is 7.02. The predicted molar refractivity (Wildman–Crippen MR) is 123 cm³/mol. The number of nitrogens with zero attached hydrogens (tertiary/aromatic N) is 2. The maximum atomic E-state index is 10.5. The summed E-state index contributed by atoms with van der Waals surface area (Å²) < 4.78 is 7.14. The van der Waals surface area contributed by atoms with Crippen molar-refractivity contribution < 1.29 is 25.2 Å². The molecule has 32 heavy (non-hydrogen) atoms. The maximum Gasteiger partial charge on any atom is 0.179 e. The van der Waals surface area contributed by atoms with Crippen LogP contribution in [0.2, 0.25) is 5.02 Å². The first-order valence-electron chi connectivity index (χ1n) is 10.5. The van der Waals surface area contributed by atoms with E-state index < -0.39 is 37.3 Å². The van der Waals surface area contributed by atoms with Crippen LogP contribution in [-0.4, -0.2) is 61.2 Å². The third-order valence-electron chi connectivity index (χ3n) is 5.74. The Bertz CT molecular complexity index is 1050. The van der Waals surface area contributed by atoms with E-state index in [9.17, 15) is 20.4 Å². The van der Waals surface area contributed by atoms with Gasteiger partial charge in [0, 0.05) is 12.6 Å². The van der Waals surface area contributed by atoms with Gasteiger partial charge in [-0.25, -0.2) is 4.68 Å². The van der Waals surface area contributed by atoms with Crippen molar-refractivity contribution in [1.29, 1.82) is 0 Å². The highest BCUT2D eigenvalue weighted by atomic mass is 35.5. The molecule has 3 heterocycles. The standard InChI is InChI=1S/C23H27ClN2O5S/c1-12(2)18-15(9-13-3-5-14(6-4-13)22-16(24)7-8-32-22)10-26(25-18)23-21(30)20(29)19(28)17(11-27)31-23/h3-8,10,12,17,19-21,23,27-30H,9,11H2,1-2H3/t17-,19-,20+,21-,23-/m1/s1. The van der Waals surface area contributed by atoms with E-state index in [2.05, 4.69) is 17.2 Å². The van der Waals surface area contributed by atoms with Crippen molar-refractivity contribution in [2.45, 2.75) is 56.8 Å². The molecule has 1 fully saturated rings. The van der Waals surface area contributed by atoms with Crippen molar-refractivity contribution in [2.75, 3.05) is 6.61 Å². The number of aromatic nitrogens is 2.